The zero-order valence-corrected chi connectivity index (χ0v) is 13.4. The summed E-state index contributed by atoms with van der Waals surface area (Å²) >= 11 is 0. The Morgan fingerprint density at radius 3 is 2.81 bits per heavy atom. The van der Waals surface area contributed by atoms with Crippen LogP contribution in [-0.4, -0.2) is 39.1 Å². The molecule has 6 heteroatoms. The first-order valence-electron chi connectivity index (χ1n) is 7.39. The molecule has 0 saturated carbocycles. The van der Waals surface area contributed by atoms with Crippen LogP contribution in [0.4, 0.5) is 10.1 Å². The van der Waals surface area contributed by atoms with Crippen LogP contribution in [0, 0.1) is 5.82 Å². The molecule has 1 aliphatic heterocycles. The van der Waals surface area contributed by atoms with Gasteiger partial charge in [0.15, 0.2) is 9.84 Å². The van der Waals surface area contributed by atoms with Gasteiger partial charge in [0.05, 0.1) is 17.2 Å². The van der Waals surface area contributed by atoms with E-state index in [0.717, 1.165) is 18.5 Å². The molecule has 1 saturated heterocycles. The molecule has 2 rings (SSSR count). The smallest absolute Gasteiger partial charge is 0.154 e. The van der Waals surface area contributed by atoms with Gasteiger partial charge in [0.25, 0.3) is 0 Å². The van der Waals surface area contributed by atoms with Crippen LogP contribution in [0.25, 0.3) is 0 Å². The van der Waals surface area contributed by atoms with Crippen LogP contribution in [0.5, 0.6) is 0 Å². The van der Waals surface area contributed by atoms with Gasteiger partial charge in [0, 0.05) is 19.1 Å². The zero-order chi connectivity index (χ0) is 15.5. The van der Waals surface area contributed by atoms with Crippen molar-refractivity contribution < 1.29 is 12.8 Å². The van der Waals surface area contributed by atoms with Crippen LogP contribution in [-0.2, 0) is 16.4 Å². The van der Waals surface area contributed by atoms with Gasteiger partial charge in [-0.1, -0.05) is 13.0 Å². The highest BCUT2D eigenvalue weighted by Crippen LogP contribution is 2.25. The third kappa shape index (κ3) is 4.17. The molecule has 1 aromatic carbocycles. The van der Waals surface area contributed by atoms with E-state index in [9.17, 15) is 12.8 Å². The summed E-state index contributed by atoms with van der Waals surface area (Å²) in [5.41, 5.74) is 1.40. The van der Waals surface area contributed by atoms with Crippen LogP contribution >= 0.6 is 0 Å². The molecule has 0 radical (unpaired) electrons. The highest BCUT2D eigenvalue weighted by atomic mass is 32.2. The topological polar surface area (TPSA) is 49.4 Å². The molecule has 4 nitrogen and oxygen atoms in total. The minimum absolute atomic E-state index is 0.0895. The Hall–Kier alpha value is -1.14. The Labute approximate surface area is 126 Å². The summed E-state index contributed by atoms with van der Waals surface area (Å²) in [6, 6.07) is 5.00. The lowest BCUT2D eigenvalue weighted by atomic mass is 10.1. The summed E-state index contributed by atoms with van der Waals surface area (Å²) in [7, 11) is -2.98. The normalized spacial score (nSPS) is 21.5. The average Bonchev–Trinajstić information content (AvgIpc) is 2.39. The lowest BCUT2D eigenvalue weighted by Gasteiger charge is -2.35. The van der Waals surface area contributed by atoms with E-state index in [4.69, 9.17) is 0 Å². The molecular weight excluding hydrogens is 291 g/mol. The number of sulfone groups is 1. The van der Waals surface area contributed by atoms with E-state index in [2.05, 4.69) is 12.2 Å². The fourth-order valence-corrected chi connectivity index (χ4v) is 4.22. The van der Waals surface area contributed by atoms with Crippen molar-refractivity contribution in [3.05, 3.63) is 29.6 Å². The van der Waals surface area contributed by atoms with E-state index in [1.807, 2.05) is 17.9 Å². The number of hydrogen-bond acceptors (Lipinski definition) is 4. The molecule has 1 fully saturated rings. The van der Waals surface area contributed by atoms with E-state index >= 15 is 0 Å². The van der Waals surface area contributed by atoms with Crippen molar-refractivity contribution in [1.29, 1.82) is 0 Å². The van der Waals surface area contributed by atoms with Gasteiger partial charge < -0.3 is 10.2 Å². The third-order valence-electron chi connectivity index (χ3n) is 3.75. The van der Waals surface area contributed by atoms with Crippen LogP contribution in [0.15, 0.2) is 18.2 Å². The maximum atomic E-state index is 14.3. The number of nitrogens with zero attached hydrogens (tertiary/aromatic N) is 1. The molecule has 0 amide bonds. The molecule has 0 spiro atoms. The van der Waals surface area contributed by atoms with Crippen molar-refractivity contribution in [3.63, 3.8) is 0 Å². The minimum atomic E-state index is -2.98. The fraction of sp³-hybridized carbons (Fsp3) is 0.600. The summed E-state index contributed by atoms with van der Waals surface area (Å²) in [4.78, 5) is 1.85. The van der Waals surface area contributed by atoms with Crippen molar-refractivity contribution in [2.75, 3.05) is 29.5 Å². The summed E-state index contributed by atoms with van der Waals surface area (Å²) in [5.74, 6) is -0.0972. The molecule has 118 valence electrons. The van der Waals surface area contributed by atoms with E-state index in [1.165, 1.54) is 6.07 Å². The second kappa shape index (κ2) is 6.75. The molecule has 1 atom stereocenters. The van der Waals surface area contributed by atoms with E-state index < -0.39 is 9.84 Å². The molecule has 1 unspecified atom stereocenters. The predicted octanol–water partition coefficient (Wildman–Crippen LogP) is 1.95. The van der Waals surface area contributed by atoms with Crippen LogP contribution in [0.2, 0.25) is 0 Å². The Morgan fingerprint density at radius 2 is 2.19 bits per heavy atom. The van der Waals surface area contributed by atoms with Crippen molar-refractivity contribution in [1.82, 2.24) is 5.32 Å². The van der Waals surface area contributed by atoms with Gasteiger partial charge in [-0.25, -0.2) is 12.8 Å². The quantitative estimate of drug-likeness (QED) is 0.844. The maximum Gasteiger partial charge on any atom is 0.154 e. The van der Waals surface area contributed by atoms with Gasteiger partial charge in [0.1, 0.15) is 5.82 Å². The average molecular weight is 314 g/mol. The Balaban J connectivity index is 2.10. The molecule has 1 N–H and O–H groups in total. The van der Waals surface area contributed by atoms with Gasteiger partial charge >= 0.3 is 0 Å². The fourth-order valence-electron chi connectivity index (χ4n) is 2.66. The van der Waals surface area contributed by atoms with E-state index in [-0.39, 0.29) is 23.4 Å². The zero-order valence-electron chi connectivity index (χ0n) is 12.6. The second-order valence-corrected chi connectivity index (χ2v) is 7.85. The van der Waals surface area contributed by atoms with Gasteiger partial charge in [0.2, 0.25) is 0 Å². The second-order valence-electron chi connectivity index (χ2n) is 5.62. The predicted molar refractivity (Wildman–Crippen MR) is 83.9 cm³/mol. The van der Waals surface area contributed by atoms with Gasteiger partial charge in [-0.2, -0.15) is 0 Å². The first-order valence-corrected chi connectivity index (χ1v) is 9.21. The van der Waals surface area contributed by atoms with Gasteiger partial charge in [-0.05, 0) is 37.6 Å². The molecule has 0 aromatic heterocycles. The maximum absolute atomic E-state index is 14.3. The van der Waals surface area contributed by atoms with Gasteiger partial charge in [-0.15, -0.1) is 0 Å². The Morgan fingerprint density at radius 1 is 1.43 bits per heavy atom. The van der Waals surface area contributed by atoms with E-state index in [1.54, 1.807) is 6.07 Å². The van der Waals surface area contributed by atoms with Crippen molar-refractivity contribution >= 4 is 15.5 Å². The Kier molecular flexibility index (Phi) is 5.22. The standard InChI is InChI=1S/C15H23FN2O2S/c1-3-6-17-10-13-4-5-15(14(16)9-13)18-7-8-21(19,20)11-12(18)2/h4-5,9,12,17H,3,6-8,10-11H2,1-2H3. The molecule has 1 aromatic rings. The number of hydrogen-bond donors (Lipinski definition) is 1. The minimum Gasteiger partial charge on any atom is -0.364 e. The molecule has 0 bridgehead atoms. The number of rotatable bonds is 5. The molecular formula is C15H23FN2O2S. The lowest BCUT2D eigenvalue weighted by molar-refractivity contribution is 0.558. The molecule has 1 heterocycles. The van der Waals surface area contributed by atoms with Crippen molar-refractivity contribution in [2.24, 2.45) is 0 Å². The van der Waals surface area contributed by atoms with E-state index in [0.29, 0.717) is 18.8 Å². The summed E-state index contributed by atoms with van der Waals surface area (Å²) < 4.78 is 37.5. The molecule has 1 aliphatic rings. The summed E-state index contributed by atoms with van der Waals surface area (Å²) in [6.45, 7) is 5.82. The summed E-state index contributed by atoms with van der Waals surface area (Å²) in [6.07, 6.45) is 1.04. The summed E-state index contributed by atoms with van der Waals surface area (Å²) in [5, 5.41) is 3.24. The highest BCUT2D eigenvalue weighted by molar-refractivity contribution is 7.91. The number of halogens is 1. The largest absolute Gasteiger partial charge is 0.364 e. The number of anilines is 1. The lowest BCUT2D eigenvalue weighted by Crippen LogP contribution is -2.47. The highest BCUT2D eigenvalue weighted by Gasteiger charge is 2.29. The first kappa shape index (κ1) is 16.2. The molecule has 21 heavy (non-hydrogen) atoms. The van der Waals surface area contributed by atoms with Crippen molar-refractivity contribution in [2.45, 2.75) is 32.9 Å². The third-order valence-corrected chi connectivity index (χ3v) is 5.54. The van der Waals surface area contributed by atoms with Crippen LogP contribution in [0.1, 0.15) is 25.8 Å². The van der Waals surface area contributed by atoms with Crippen molar-refractivity contribution in [3.8, 4) is 0 Å². The monoisotopic (exact) mass is 314 g/mol. The van der Waals surface area contributed by atoms with Crippen LogP contribution < -0.4 is 10.2 Å². The van der Waals surface area contributed by atoms with Gasteiger partial charge in [-0.3, -0.25) is 0 Å². The SMILES string of the molecule is CCCNCc1ccc(N2CCS(=O)(=O)CC2C)c(F)c1. The first-order chi connectivity index (χ1) is 9.93. The number of nitrogens with one attached hydrogen (secondary N) is 1. The van der Waals surface area contributed by atoms with Crippen LogP contribution in [0.3, 0.4) is 0 Å². The molecule has 0 aliphatic carbocycles. The number of benzene rings is 1. The Bertz CT molecular complexity index is 589.